The molecule has 1 aromatic carbocycles. The molecule has 0 spiro atoms. The van der Waals surface area contributed by atoms with Crippen LogP contribution in [0.15, 0.2) is 24.3 Å². The Labute approximate surface area is 112 Å². The van der Waals surface area contributed by atoms with Crippen molar-refractivity contribution in [3.63, 3.8) is 0 Å². The van der Waals surface area contributed by atoms with Crippen molar-refractivity contribution in [1.82, 2.24) is 5.32 Å². The third-order valence-electron chi connectivity index (χ3n) is 2.48. The Kier molecular flexibility index (Phi) is 4.95. The summed E-state index contributed by atoms with van der Waals surface area (Å²) >= 11 is 0. The first-order valence-corrected chi connectivity index (χ1v) is 5.71. The van der Waals surface area contributed by atoms with Crippen LogP contribution in [0.5, 0.6) is 0 Å². The number of nitrogens with one attached hydrogen (secondary N) is 2. The van der Waals surface area contributed by atoms with Crippen molar-refractivity contribution in [1.29, 1.82) is 0 Å². The number of carbonyl (C=O) groups is 2. The molecule has 0 aliphatic rings. The van der Waals surface area contributed by atoms with Gasteiger partial charge in [-0.15, -0.1) is 0 Å². The van der Waals surface area contributed by atoms with Gasteiger partial charge in [-0.3, -0.25) is 0 Å². The second kappa shape index (κ2) is 6.27. The summed E-state index contributed by atoms with van der Waals surface area (Å²) in [6.45, 7) is 1.58. The zero-order chi connectivity index (χ0) is 15.3. The predicted molar refractivity (Wildman–Crippen MR) is 65.3 cm³/mol. The second-order valence-corrected chi connectivity index (χ2v) is 3.97. The van der Waals surface area contributed by atoms with Crippen LogP contribution in [-0.2, 0) is 11.0 Å². The lowest BCUT2D eigenvalue weighted by Crippen LogP contribution is -2.42. The molecular formula is C12H13F3N2O3. The molecular weight excluding hydrogens is 277 g/mol. The van der Waals surface area contributed by atoms with Gasteiger partial charge in [-0.05, 0) is 30.7 Å². The molecule has 20 heavy (non-hydrogen) atoms. The van der Waals surface area contributed by atoms with E-state index in [4.69, 9.17) is 5.11 Å². The molecule has 0 fully saturated rings. The second-order valence-electron chi connectivity index (χ2n) is 3.97. The SMILES string of the molecule is CCC(NC(=O)Nc1ccc(C(F)(F)F)cc1)C(=O)O. The maximum Gasteiger partial charge on any atom is 0.416 e. The number of carbonyl (C=O) groups excluding carboxylic acids is 1. The molecule has 0 radical (unpaired) electrons. The number of halogens is 3. The molecule has 8 heteroatoms. The van der Waals surface area contributed by atoms with E-state index in [0.717, 1.165) is 24.3 Å². The van der Waals surface area contributed by atoms with Crippen LogP contribution >= 0.6 is 0 Å². The Hall–Kier alpha value is -2.25. The highest BCUT2D eigenvalue weighted by Crippen LogP contribution is 2.29. The van der Waals surface area contributed by atoms with Gasteiger partial charge in [0.25, 0.3) is 0 Å². The Bertz CT molecular complexity index is 486. The summed E-state index contributed by atoms with van der Waals surface area (Å²) < 4.78 is 37.0. The number of rotatable bonds is 4. The van der Waals surface area contributed by atoms with Gasteiger partial charge in [-0.2, -0.15) is 13.2 Å². The highest BCUT2D eigenvalue weighted by atomic mass is 19.4. The molecule has 0 saturated heterocycles. The largest absolute Gasteiger partial charge is 0.480 e. The van der Waals surface area contributed by atoms with Gasteiger partial charge >= 0.3 is 18.2 Å². The molecule has 3 N–H and O–H groups in total. The van der Waals surface area contributed by atoms with Crippen LogP contribution in [0.1, 0.15) is 18.9 Å². The highest BCUT2D eigenvalue weighted by molar-refractivity contribution is 5.92. The highest BCUT2D eigenvalue weighted by Gasteiger charge is 2.30. The number of benzene rings is 1. The molecule has 0 saturated carbocycles. The molecule has 1 rings (SSSR count). The van der Waals surface area contributed by atoms with Crippen LogP contribution in [-0.4, -0.2) is 23.1 Å². The first kappa shape index (κ1) is 15.8. The van der Waals surface area contributed by atoms with Crippen molar-refractivity contribution in [3.05, 3.63) is 29.8 Å². The van der Waals surface area contributed by atoms with Crippen LogP contribution < -0.4 is 10.6 Å². The summed E-state index contributed by atoms with van der Waals surface area (Å²) in [6.07, 6.45) is -4.26. The number of urea groups is 1. The maximum absolute atomic E-state index is 12.3. The topological polar surface area (TPSA) is 78.4 Å². The molecule has 0 aliphatic heterocycles. The van der Waals surface area contributed by atoms with Gasteiger partial charge < -0.3 is 15.7 Å². The van der Waals surface area contributed by atoms with E-state index in [0.29, 0.717) is 0 Å². The molecule has 1 unspecified atom stereocenters. The molecule has 2 amide bonds. The number of hydrogen-bond acceptors (Lipinski definition) is 2. The van der Waals surface area contributed by atoms with Crippen LogP contribution in [0, 0.1) is 0 Å². The van der Waals surface area contributed by atoms with Gasteiger partial charge in [-0.1, -0.05) is 6.92 Å². The summed E-state index contributed by atoms with van der Waals surface area (Å²) in [7, 11) is 0. The normalized spacial score (nSPS) is 12.6. The van der Waals surface area contributed by atoms with Crippen molar-refractivity contribution in [2.24, 2.45) is 0 Å². The number of amides is 2. The van der Waals surface area contributed by atoms with Crippen LogP contribution in [0.3, 0.4) is 0 Å². The minimum atomic E-state index is -4.45. The summed E-state index contributed by atoms with van der Waals surface area (Å²) in [5, 5.41) is 13.2. The lowest BCUT2D eigenvalue weighted by Gasteiger charge is -2.13. The smallest absolute Gasteiger partial charge is 0.416 e. The fraction of sp³-hybridized carbons (Fsp3) is 0.333. The number of carboxylic acids is 1. The summed E-state index contributed by atoms with van der Waals surface area (Å²) in [5.41, 5.74) is -0.698. The number of aliphatic carboxylic acids is 1. The number of anilines is 1. The van der Waals surface area contributed by atoms with E-state index in [1.54, 1.807) is 6.92 Å². The zero-order valence-electron chi connectivity index (χ0n) is 10.5. The minimum Gasteiger partial charge on any atom is -0.480 e. The van der Waals surface area contributed by atoms with E-state index in [1.165, 1.54) is 0 Å². The fourth-order valence-electron chi connectivity index (χ4n) is 1.41. The minimum absolute atomic E-state index is 0.135. The van der Waals surface area contributed by atoms with E-state index in [-0.39, 0.29) is 12.1 Å². The molecule has 0 aromatic heterocycles. The third-order valence-corrected chi connectivity index (χ3v) is 2.48. The Morgan fingerprint density at radius 3 is 2.20 bits per heavy atom. The van der Waals surface area contributed by atoms with Crippen LogP contribution in [0.25, 0.3) is 0 Å². The van der Waals surface area contributed by atoms with Gasteiger partial charge in [0, 0.05) is 5.69 Å². The Morgan fingerprint density at radius 2 is 1.80 bits per heavy atom. The van der Waals surface area contributed by atoms with Crippen molar-refractivity contribution in [2.45, 2.75) is 25.6 Å². The molecule has 0 heterocycles. The molecule has 1 atom stereocenters. The van der Waals surface area contributed by atoms with Crippen molar-refractivity contribution in [3.8, 4) is 0 Å². The monoisotopic (exact) mass is 290 g/mol. The first-order valence-electron chi connectivity index (χ1n) is 5.71. The van der Waals surface area contributed by atoms with E-state index in [2.05, 4.69) is 10.6 Å². The quantitative estimate of drug-likeness (QED) is 0.797. The summed E-state index contributed by atoms with van der Waals surface area (Å²) in [5.74, 6) is -1.19. The van der Waals surface area contributed by atoms with Gasteiger partial charge in [0.15, 0.2) is 0 Å². The van der Waals surface area contributed by atoms with E-state index in [9.17, 15) is 22.8 Å². The van der Waals surface area contributed by atoms with Gasteiger partial charge in [-0.25, -0.2) is 9.59 Å². The summed E-state index contributed by atoms with van der Waals surface area (Å²) in [6, 6.07) is 1.98. The van der Waals surface area contributed by atoms with E-state index < -0.39 is 29.8 Å². The molecule has 0 bridgehead atoms. The number of hydrogen-bond donors (Lipinski definition) is 3. The lowest BCUT2D eigenvalue weighted by atomic mass is 10.2. The molecule has 0 aliphatic carbocycles. The van der Waals surface area contributed by atoms with Gasteiger partial charge in [0.2, 0.25) is 0 Å². The van der Waals surface area contributed by atoms with Crippen LogP contribution in [0.2, 0.25) is 0 Å². The number of alkyl halides is 3. The van der Waals surface area contributed by atoms with E-state index >= 15 is 0 Å². The Balaban J connectivity index is 2.65. The summed E-state index contributed by atoms with van der Waals surface area (Å²) in [4.78, 5) is 22.2. The van der Waals surface area contributed by atoms with E-state index in [1.807, 2.05) is 0 Å². The van der Waals surface area contributed by atoms with Gasteiger partial charge in [0.05, 0.1) is 5.56 Å². The predicted octanol–water partition coefficient (Wildman–Crippen LogP) is 2.69. The maximum atomic E-state index is 12.3. The van der Waals surface area contributed by atoms with Crippen molar-refractivity contribution >= 4 is 17.7 Å². The third kappa shape index (κ3) is 4.45. The van der Waals surface area contributed by atoms with Gasteiger partial charge in [0.1, 0.15) is 6.04 Å². The first-order chi connectivity index (χ1) is 9.24. The molecule has 5 nitrogen and oxygen atoms in total. The van der Waals surface area contributed by atoms with Crippen LogP contribution in [0.4, 0.5) is 23.7 Å². The fourth-order valence-corrected chi connectivity index (χ4v) is 1.41. The van der Waals surface area contributed by atoms with Crippen molar-refractivity contribution < 1.29 is 27.9 Å². The van der Waals surface area contributed by atoms with Crippen molar-refractivity contribution in [2.75, 3.05) is 5.32 Å². The lowest BCUT2D eigenvalue weighted by molar-refractivity contribution is -0.139. The standard InChI is InChI=1S/C12H13F3N2O3/c1-2-9(10(18)19)17-11(20)16-8-5-3-7(4-6-8)12(13,14)15/h3-6,9H,2H2,1H3,(H,18,19)(H2,16,17,20). The Morgan fingerprint density at radius 1 is 1.25 bits per heavy atom. The molecule has 110 valence electrons. The number of carboxylic acid groups (broad SMARTS) is 1. The average Bonchev–Trinajstić information content (AvgIpc) is 2.35. The molecule has 1 aromatic rings. The zero-order valence-corrected chi connectivity index (χ0v) is 10.5. The average molecular weight is 290 g/mol.